The average Bonchev–Trinajstić information content (AvgIpc) is 3.34. The Bertz CT molecular complexity index is 826. The molecule has 9 heteroatoms. The van der Waals surface area contributed by atoms with Crippen molar-refractivity contribution in [3.63, 3.8) is 0 Å². The fourth-order valence-corrected chi connectivity index (χ4v) is 3.39. The number of hydrogen-bond acceptors (Lipinski definition) is 6. The first-order chi connectivity index (χ1) is 12.8. The first kappa shape index (κ1) is 24.1. The molecule has 6 nitrogen and oxygen atoms in total. The van der Waals surface area contributed by atoms with Crippen LogP contribution in [0.5, 0.6) is 0 Å². The number of rotatable bonds is 9. The van der Waals surface area contributed by atoms with E-state index in [1.807, 2.05) is 42.5 Å². The zero-order valence-electron chi connectivity index (χ0n) is 15.3. The van der Waals surface area contributed by atoms with Crippen molar-refractivity contribution in [2.75, 3.05) is 33.4 Å². The summed E-state index contributed by atoms with van der Waals surface area (Å²) in [4.78, 5) is 17.9. The molecule has 0 aliphatic carbocycles. The fraction of sp³-hybridized carbons (Fsp3) is 0.263. The van der Waals surface area contributed by atoms with Gasteiger partial charge in [-0.3, -0.25) is 4.79 Å². The van der Waals surface area contributed by atoms with Crippen LogP contribution in [0.25, 0.3) is 22.0 Å². The highest BCUT2D eigenvalue weighted by Crippen LogP contribution is 2.33. The molecule has 0 radical (unpaired) electrons. The van der Waals surface area contributed by atoms with E-state index in [0.29, 0.717) is 41.0 Å². The molecule has 0 atom stereocenters. The fourth-order valence-electron chi connectivity index (χ4n) is 2.42. The van der Waals surface area contributed by atoms with Crippen molar-refractivity contribution in [3.8, 4) is 22.0 Å². The zero-order chi connectivity index (χ0) is 18.2. The minimum Gasteiger partial charge on any atom is -0.462 e. The molecule has 0 bridgehead atoms. The molecule has 152 valence electrons. The second-order valence-corrected chi connectivity index (χ2v) is 6.54. The van der Waals surface area contributed by atoms with Crippen LogP contribution in [0.4, 0.5) is 0 Å². The summed E-state index contributed by atoms with van der Waals surface area (Å²) < 4.78 is 10.4. The summed E-state index contributed by atoms with van der Waals surface area (Å²) in [5.74, 6) is 0.528. The van der Waals surface area contributed by atoms with E-state index in [1.54, 1.807) is 13.4 Å². The van der Waals surface area contributed by atoms with Crippen molar-refractivity contribution in [1.82, 2.24) is 15.6 Å². The van der Waals surface area contributed by atoms with Gasteiger partial charge in [-0.2, -0.15) is 0 Å². The van der Waals surface area contributed by atoms with Crippen molar-refractivity contribution < 1.29 is 13.9 Å². The Morgan fingerprint density at radius 3 is 2.57 bits per heavy atom. The molecule has 0 saturated heterocycles. The van der Waals surface area contributed by atoms with Gasteiger partial charge in [0, 0.05) is 32.3 Å². The summed E-state index contributed by atoms with van der Waals surface area (Å²) in [6.07, 6.45) is 1.60. The number of thiazole rings is 1. The van der Waals surface area contributed by atoms with Crippen molar-refractivity contribution in [2.45, 2.75) is 0 Å². The largest absolute Gasteiger partial charge is 0.462 e. The topological polar surface area (TPSA) is 76.4 Å². The lowest BCUT2D eigenvalue weighted by Gasteiger charge is -2.06. The smallest absolute Gasteiger partial charge is 0.263 e. The van der Waals surface area contributed by atoms with Gasteiger partial charge < -0.3 is 19.8 Å². The molecule has 0 spiro atoms. The Balaban J connectivity index is 0.00000196. The van der Waals surface area contributed by atoms with Crippen molar-refractivity contribution >= 4 is 42.1 Å². The number of amides is 1. The molecule has 28 heavy (non-hydrogen) atoms. The second kappa shape index (κ2) is 12.5. The molecule has 2 N–H and O–H groups in total. The molecule has 0 unspecified atom stereocenters. The maximum Gasteiger partial charge on any atom is 0.263 e. The third kappa shape index (κ3) is 6.32. The number of benzene rings is 1. The highest BCUT2D eigenvalue weighted by Gasteiger charge is 2.20. The molecule has 0 saturated carbocycles. The van der Waals surface area contributed by atoms with E-state index in [2.05, 4.69) is 15.6 Å². The second-order valence-electron chi connectivity index (χ2n) is 5.54. The van der Waals surface area contributed by atoms with Gasteiger partial charge in [0.2, 0.25) is 0 Å². The lowest BCUT2D eigenvalue weighted by atomic mass is 10.1. The van der Waals surface area contributed by atoms with Gasteiger partial charge in [-0.25, -0.2) is 4.98 Å². The number of nitrogens with zero attached hydrogens (tertiary/aromatic N) is 1. The van der Waals surface area contributed by atoms with Gasteiger partial charge in [0.15, 0.2) is 10.8 Å². The van der Waals surface area contributed by atoms with Crippen molar-refractivity contribution in [3.05, 3.63) is 53.6 Å². The first-order valence-corrected chi connectivity index (χ1v) is 9.19. The van der Waals surface area contributed by atoms with Crippen LogP contribution in [0.15, 0.2) is 53.1 Å². The SMILES string of the molecule is COCCNCCNC(=O)c1sc(-c2ccco2)nc1-c1ccccc1.Cl.Cl. The maximum absolute atomic E-state index is 12.7. The molecule has 0 fully saturated rings. The minimum atomic E-state index is -0.132. The van der Waals surface area contributed by atoms with Gasteiger partial charge in [0.1, 0.15) is 4.88 Å². The normalized spacial score (nSPS) is 10.0. The van der Waals surface area contributed by atoms with Crippen molar-refractivity contribution in [1.29, 1.82) is 0 Å². The monoisotopic (exact) mass is 443 g/mol. The third-order valence-electron chi connectivity index (χ3n) is 3.68. The van der Waals surface area contributed by atoms with E-state index < -0.39 is 0 Å². The van der Waals surface area contributed by atoms with E-state index in [-0.39, 0.29) is 30.7 Å². The Kier molecular flexibility index (Phi) is 10.8. The molecule has 0 aliphatic rings. The van der Waals surface area contributed by atoms with Crippen LogP contribution >= 0.6 is 36.2 Å². The first-order valence-electron chi connectivity index (χ1n) is 8.37. The van der Waals surface area contributed by atoms with Crippen LogP contribution in [0.2, 0.25) is 0 Å². The molecular weight excluding hydrogens is 421 g/mol. The molecule has 3 rings (SSSR count). The number of furan rings is 1. The predicted octanol–water partition coefficient (Wildman–Crippen LogP) is 3.88. The average molecular weight is 444 g/mol. The number of halogens is 2. The number of ether oxygens (including phenoxy) is 1. The number of nitrogens with one attached hydrogen (secondary N) is 2. The van der Waals surface area contributed by atoms with Crippen LogP contribution in [0, 0.1) is 0 Å². The highest BCUT2D eigenvalue weighted by molar-refractivity contribution is 7.17. The molecular formula is C19H23Cl2N3O3S. The lowest BCUT2D eigenvalue weighted by Crippen LogP contribution is -2.32. The van der Waals surface area contributed by atoms with E-state index in [1.165, 1.54) is 11.3 Å². The van der Waals surface area contributed by atoms with Crippen LogP contribution in [0.3, 0.4) is 0 Å². The number of carbonyl (C=O) groups is 1. The summed E-state index contributed by atoms with van der Waals surface area (Å²) >= 11 is 1.33. The molecule has 2 heterocycles. The van der Waals surface area contributed by atoms with E-state index in [0.717, 1.165) is 12.1 Å². The molecule has 0 aliphatic heterocycles. The maximum atomic E-state index is 12.7. The summed E-state index contributed by atoms with van der Waals surface area (Å²) in [6, 6.07) is 13.4. The van der Waals surface area contributed by atoms with Gasteiger partial charge in [-0.05, 0) is 12.1 Å². The zero-order valence-corrected chi connectivity index (χ0v) is 17.8. The lowest BCUT2D eigenvalue weighted by molar-refractivity contribution is 0.0958. The van der Waals surface area contributed by atoms with Crippen molar-refractivity contribution in [2.24, 2.45) is 0 Å². The van der Waals surface area contributed by atoms with Crippen LogP contribution in [-0.4, -0.2) is 44.2 Å². The number of carbonyl (C=O) groups excluding carboxylic acids is 1. The van der Waals surface area contributed by atoms with E-state index in [4.69, 9.17) is 9.15 Å². The van der Waals surface area contributed by atoms with E-state index in [9.17, 15) is 4.79 Å². The molecule has 1 aromatic carbocycles. The highest BCUT2D eigenvalue weighted by atomic mass is 35.5. The predicted molar refractivity (Wildman–Crippen MR) is 117 cm³/mol. The third-order valence-corrected chi connectivity index (χ3v) is 4.75. The van der Waals surface area contributed by atoms with Gasteiger partial charge in [-0.1, -0.05) is 30.3 Å². The molecule has 2 aromatic heterocycles. The van der Waals surface area contributed by atoms with Crippen LogP contribution < -0.4 is 10.6 Å². The molecule has 1 amide bonds. The van der Waals surface area contributed by atoms with Gasteiger partial charge in [0.05, 0.1) is 18.6 Å². The Labute approximate surface area is 180 Å². The number of aromatic nitrogens is 1. The quantitative estimate of drug-likeness (QED) is 0.490. The number of methoxy groups -OCH3 is 1. The van der Waals surface area contributed by atoms with Gasteiger partial charge in [0.25, 0.3) is 5.91 Å². The standard InChI is InChI=1S/C19H21N3O3S.2ClH/c1-24-13-11-20-9-10-21-18(23)17-16(14-6-3-2-4-7-14)22-19(26-17)15-8-5-12-25-15;;/h2-8,12,20H,9-11,13H2,1H3,(H,21,23);2*1H. The summed E-state index contributed by atoms with van der Waals surface area (Å²) in [5.41, 5.74) is 1.58. The summed E-state index contributed by atoms with van der Waals surface area (Å²) in [7, 11) is 1.66. The Morgan fingerprint density at radius 2 is 1.89 bits per heavy atom. The van der Waals surface area contributed by atoms with E-state index >= 15 is 0 Å². The van der Waals surface area contributed by atoms with Crippen LogP contribution in [-0.2, 0) is 4.74 Å². The number of hydrogen-bond donors (Lipinski definition) is 2. The van der Waals surface area contributed by atoms with Crippen LogP contribution in [0.1, 0.15) is 9.67 Å². The summed E-state index contributed by atoms with van der Waals surface area (Å²) in [5, 5.41) is 6.83. The van der Waals surface area contributed by atoms with Gasteiger partial charge in [-0.15, -0.1) is 36.2 Å². The van der Waals surface area contributed by atoms with Gasteiger partial charge >= 0.3 is 0 Å². The Hall–Kier alpha value is -1.90. The Morgan fingerprint density at radius 1 is 1.11 bits per heavy atom. The minimum absolute atomic E-state index is 0. The molecule has 3 aromatic rings. The summed E-state index contributed by atoms with van der Waals surface area (Å²) in [6.45, 7) is 2.61.